The molecule has 0 aliphatic carbocycles. The van der Waals surface area contributed by atoms with E-state index in [1.54, 1.807) is 6.92 Å². The third-order valence-electron chi connectivity index (χ3n) is 1.87. The molecule has 0 aliphatic rings. The summed E-state index contributed by atoms with van der Waals surface area (Å²) in [5.41, 5.74) is 6.33. The number of nitro groups is 1. The number of nitrogens with two attached hydrogens (primary N) is 1. The summed E-state index contributed by atoms with van der Waals surface area (Å²) in [7, 11) is 0. The van der Waals surface area contributed by atoms with Crippen LogP contribution in [-0.4, -0.2) is 10.9 Å². The topological polar surface area (TPSA) is 95.5 Å². The second kappa shape index (κ2) is 5.64. The van der Waals surface area contributed by atoms with E-state index in [0.29, 0.717) is 11.3 Å². The summed E-state index contributed by atoms with van der Waals surface area (Å²) in [6.45, 7) is 1.63. The lowest BCUT2D eigenvalue weighted by Crippen LogP contribution is -2.04. The number of benzene rings is 1. The first-order chi connectivity index (χ1) is 7.99. The molecule has 0 atom stereocenters. The molecule has 2 N–H and O–H groups in total. The Labute approximate surface area is 97.8 Å². The van der Waals surface area contributed by atoms with Crippen LogP contribution in [0.25, 0.3) is 0 Å². The first-order valence-electron chi connectivity index (χ1n) is 4.83. The van der Waals surface area contributed by atoms with E-state index in [4.69, 9.17) is 10.5 Å². The molecule has 0 unspecified atom stereocenters. The van der Waals surface area contributed by atoms with Gasteiger partial charge in [-0.2, -0.15) is 0 Å². The summed E-state index contributed by atoms with van der Waals surface area (Å²) >= 11 is 0. The van der Waals surface area contributed by atoms with Gasteiger partial charge in [0.2, 0.25) is 0 Å². The van der Waals surface area contributed by atoms with Crippen LogP contribution in [0.1, 0.15) is 12.5 Å². The largest absolute Gasteiger partial charge is 0.458 e. The quantitative estimate of drug-likeness (QED) is 0.370. The summed E-state index contributed by atoms with van der Waals surface area (Å²) < 4.78 is 4.87. The van der Waals surface area contributed by atoms with E-state index in [-0.39, 0.29) is 12.3 Å². The van der Waals surface area contributed by atoms with Crippen LogP contribution in [0, 0.1) is 10.1 Å². The van der Waals surface area contributed by atoms with Gasteiger partial charge in [0.1, 0.15) is 6.61 Å². The SMILES string of the molecule is CC(N)=CC(=O)OCc1ccc([N+](=O)[O-])cc1. The van der Waals surface area contributed by atoms with E-state index in [2.05, 4.69) is 0 Å². The van der Waals surface area contributed by atoms with E-state index in [0.717, 1.165) is 0 Å². The Balaban J connectivity index is 2.56. The molecule has 1 aromatic carbocycles. The van der Waals surface area contributed by atoms with Gasteiger partial charge in [-0.3, -0.25) is 10.1 Å². The Kier molecular flexibility index (Phi) is 4.21. The third-order valence-corrected chi connectivity index (χ3v) is 1.87. The molecule has 0 aliphatic heterocycles. The lowest BCUT2D eigenvalue weighted by atomic mass is 10.2. The first kappa shape index (κ1) is 12.7. The number of nitro benzene ring substituents is 1. The minimum Gasteiger partial charge on any atom is -0.458 e. The Hall–Kier alpha value is -2.37. The number of hydrogen-bond donors (Lipinski definition) is 1. The number of nitrogens with zero attached hydrogens (tertiary/aromatic N) is 1. The Morgan fingerprint density at radius 1 is 1.47 bits per heavy atom. The molecule has 0 bridgehead atoms. The minimum absolute atomic E-state index is 0.00206. The summed E-state index contributed by atoms with van der Waals surface area (Å²) in [4.78, 5) is 21.0. The number of carbonyl (C=O) groups is 1. The standard InChI is InChI=1S/C11H12N2O4/c1-8(12)6-11(14)17-7-9-2-4-10(5-3-9)13(15)16/h2-6H,7,12H2,1H3. The number of hydrogen-bond acceptors (Lipinski definition) is 5. The van der Waals surface area contributed by atoms with E-state index in [1.807, 2.05) is 0 Å². The highest BCUT2D eigenvalue weighted by Gasteiger charge is 2.05. The van der Waals surface area contributed by atoms with Gasteiger partial charge in [-0.15, -0.1) is 0 Å². The van der Waals surface area contributed by atoms with Crippen LogP contribution in [0.2, 0.25) is 0 Å². The van der Waals surface area contributed by atoms with Gasteiger partial charge in [0, 0.05) is 23.9 Å². The number of ether oxygens (including phenoxy) is 1. The molecule has 0 radical (unpaired) electrons. The van der Waals surface area contributed by atoms with Gasteiger partial charge in [0.25, 0.3) is 5.69 Å². The Bertz CT molecular complexity index is 447. The molecule has 17 heavy (non-hydrogen) atoms. The molecular formula is C11H12N2O4. The van der Waals surface area contributed by atoms with Crippen LogP contribution in [0.4, 0.5) is 5.69 Å². The zero-order valence-electron chi connectivity index (χ0n) is 9.25. The molecule has 6 nitrogen and oxygen atoms in total. The van der Waals surface area contributed by atoms with Crippen LogP contribution in [0.15, 0.2) is 36.0 Å². The predicted octanol–water partition coefficient (Wildman–Crippen LogP) is 1.50. The highest BCUT2D eigenvalue weighted by Crippen LogP contribution is 2.12. The maximum Gasteiger partial charge on any atom is 0.332 e. The van der Waals surface area contributed by atoms with E-state index < -0.39 is 10.9 Å². The van der Waals surface area contributed by atoms with Crippen molar-refractivity contribution in [3.63, 3.8) is 0 Å². The number of allylic oxidation sites excluding steroid dienone is 1. The van der Waals surface area contributed by atoms with Crippen LogP contribution in [0.5, 0.6) is 0 Å². The monoisotopic (exact) mass is 236 g/mol. The van der Waals surface area contributed by atoms with Gasteiger partial charge >= 0.3 is 5.97 Å². The Morgan fingerprint density at radius 3 is 2.53 bits per heavy atom. The van der Waals surface area contributed by atoms with Crippen molar-refractivity contribution in [2.24, 2.45) is 5.73 Å². The van der Waals surface area contributed by atoms with Crippen molar-refractivity contribution in [3.8, 4) is 0 Å². The molecule has 1 aromatic rings. The van der Waals surface area contributed by atoms with Gasteiger partial charge < -0.3 is 10.5 Å². The third kappa shape index (κ3) is 4.33. The molecule has 0 fully saturated rings. The maximum atomic E-state index is 11.1. The lowest BCUT2D eigenvalue weighted by molar-refractivity contribution is -0.384. The minimum atomic E-state index is -0.539. The van der Waals surface area contributed by atoms with Gasteiger partial charge in [-0.1, -0.05) is 0 Å². The number of carbonyl (C=O) groups excluding carboxylic acids is 1. The molecule has 0 saturated heterocycles. The predicted molar refractivity (Wildman–Crippen MR) is 60.8 cm³/mol. The second-order valence-electron chi connectivity index (χ2n) is 3.42. The fourth-order valence-electron chi connectivity index (χ4n) is 1.10. The summed E-state index contributed by atoms with van der Waals surface area (Å²) in [6, 6.07) is 5.77. The Morgan fingerprint density at radius 2 is 2.06 bits per heavy atom. The molecule has 0 heterocycles. The summed E-state index contributed by atoms with van der Waals surface area (Å²) in [5, 5.41) is 10.4. The fourth-order valence-corrected chi connectivity index (χ4v) is 1.10. The average Bonchev–Trinajstić information content (AvgIpc) is 2.26. The zero-order valence-corrected chi connectivity index (χ0v) is 9.25. The van der Waals surface area contributed by atoms with Crippen LogP contribution in [0.3, 0.4) is 0 Å². The number of rotatable bonds is 4. The summed E-state index contributed by atoms with van der Waals surface area (Å²) in [6.07, 6.45) is 1.17. The zero-order chi connectivity index (χ0) is 12.8. The van der Waals surface area contributed by atoms with Crippen molar-refractivity contribution in [1.82, 2.24) is 0 Å². The molecule has 0 saturated carbocycles. The van der Waals surface area contributed by atoms with Gasteiger partial charge in [-0.25, -0.2) is 4.79 Å². The van der Waals surface area contributed by atoms with Crippen molar-refractivity contribution >= 4 is 11.7 Å². The molecular weight excluding hydrogens is 224 g/mol. The average molecular weight is 236 g/mol. The van der Waals surface area contributed by atoms with Crippen molar-refractivity contribution in [3.05, 3.63) is 51.7 Å². The van der Waals surface area contributed by atoms with Gasteiger partial charge in [-0.05, 0) is 24.6 Å². The number of non-ortho nitro benzene ring substituents is 1. The van der Waals surface area contributed by atoms with Crippen LogP contribution >= 0.6 is 0 Å². The van der Waals surface area contributed by atoms with Crippen molar-refractivity contribution in [2.75, 3.05) is 0 Å². The van der Waals surface area contributed by atoms with Crippen molar-refractivity contribution < 1.29 is 14.5 Å². The van der Waals surface area contributed by atoms with Gasteiger partial charge in [0.15, 0.2) is 0 Å². The molecule has 0 amide bonds. The smallest absolute Gasteiger partial charge is 0.332 e. The fraction of sp³-hybridized carbons (Fsp3) is 0.182. The molecule has 6 heteroatoms. The highest BCUT2D eigenvalue weighted by molar-refractivity contribution is 5.82. The summed E-state index contributed by atoms with van der Waals surface area (Å²) in [5.74, 6) is -0.539. The molecule has 0 aromatic heterocycles. The van der Waals surface area contributed by atoms with Crippen molar-refractivity contribution in [1.29, 1.82) is 0 Å². The van der Waals surface area contributed by atoms with Crippen molar-refractivity contribution in [2.45, 2.75) is 13.5 Å². The second-order valence-corrected chi connectivity index (χ2v) is 3.42. The lowest BCUT2D eigenvalue weighted by Gasteiger charge is -2.02. The normalized spacial score (nSPS) is 11.0. The maximum absolute atomic E-state index is 11.1. The highest BCUT2D eigenvalue weighted by atomic mass is 16.6. The van der Waals surface area contributed by atoms with Crippen LogP contribution < -0.4 is 5.73 Å². The number of esters is 1. The first-order valence-corrected chi connectivity index (χ1v) is 4.83. The van der Waals surface area contributed by atoms with E-state index >= 15 is 0 Å². The molecule has 0 spiro atoms. The molecule has 90 valence electrons. The van der Waals surface area contributed by atoms with E-state index in [9.17, 15) is 14.9 Å². The van der Waals surface area contributed by atoms with Crippen LogP contribution in [-0.2, 0) is 16.1 Å². The molecule has 1 rings (SSSR count). The van der Waals surface area contributed by atoms with E-state index in [1.165, 1.54) is 30.3 Å². The van der Waals surface area contributed by atoms with Gasteiger partial charge in [0.05, 0.1) is 4.92 Å².